The SMILES string of the molecule is CC1CC1C(=O)NCC(O)CN(C)C. The molecule has 0 heterocycles. The van der Waals surface area contributed by atoms with E-state index in [1.165, 1.54) is 0 Å². The van der Waals surface area contributed by atoms with Gasteiger partial charge in [0.05, 0.1) is 6.10 Å². The fraction of sp³-hybridized carbons (Fsp3) is 0.900. The smallest absolute Gasteiger partial charge is 0.223 e. The first-order valence-corrected chi connectivity index (χ1v) is 5.11. The van der Waals surface area contributed by atoms with Crippen LogP contribution in [0.15, 0.2) is 0 Å². The molecule has 0 saturated heterocycles. The van der Waals surface area contributed by atoms with E-state index >= 15 is 0 Å². The first-order chi connectivity index (χ1) is 6.50. The molecule has 0 radical (unpaired) electrons. The van der Waals surface area contributed by atoms with Crippen LogP contribution >= 0.6 is 0 Å². The maximum absolute atomic E-state index is 11.4. The van der Waals surface area contributed by atoms with E-state index in [0.29, 0.717) is 19.0 Å². The molecule has 0 aromatic heterocycles. The van der Waals surface area contributed by atoms with Crippen molar-refractivity contribution >= 4 is 5.91 Å². The van der Waals surface area contributed by atoms with Crippen LogP contribution in [0.1, 0.15) is 13.3 Å². The Morgan fingerprint density at radius 1 is 1.64 bits per heavy atom. The molecular formula is C10H20N2O2. The third-order valence-corrected chi connectivity index (χ3v) is 2.53. The van der Waals surface area contributed by atoms with Crippen LogP contribution < -0.4 is 5.32 Å². The molecule has 1 aliphatic carbocycles. The maximum atomic E-state index is 11.4. The number of aliphatic hydroxyl groups excluding tert-OH is 1. The van der Waals surface area contributed by atoms with Crippen LogP contribution in [0, 0.1) is 11.8 Å². The first kappa shape index (κ1) is 11.5. The zero-order valence-corrected chi connectivity index (χ0v) is 9.16. The van der Waals surface area contributed by atoms with Gasteiger partial charge in [-0.25, -0.2) is 0 Å². The number of nitrogens with one attached hydrogen (secondary N) is 1. The van der Waals surface area contributed by atoms with Gasteiger partial charge in [-0.05, 0) is 26.4 Å². The summed E-state index contributed by atoms with van der Waals surface area (Å²) in [5.74, 6) is 0.817. The van der Waals surface area contributed by atoms with Crippen LogP contribution in [-0.4, -0.2) is 49.2 Å². The van der Waals surface area contributed by atoms with Gasteiger partial charge in [-0.2, -0.15) is 0 Å². The van der Waals surface area contributed by atoms with Crippen LogP contribution in [0.2, 0.25) is 0 Å². The number of aliphatic hydroxyl groups is 1. The molecular weight excluding hydrogens is 180 g/mol. The van der Waals surface area contributed by atoms with Crippen molar-refractivity contribution in [3.63, 3.8) is 0 Å². The summed E-state index contributed by atoms with van der Waals surface area (Å²) in [7, 11) is 3.79. The predicted molar refractivity (Wildman–Crippen MR) is 54.8 cm³/mol. The van der Waals surface area contributed by atoms with Gasteiger partial charge in [-0.1, -0.05) is 6.92 Å². The number of rotatable bonds is 5. The van der Waals surface area contributed by atoms with Crippen LogP contribution in [0.25, 0.3) is 0 Å². The zero-order chi connectivity index (χ0) is 10.7. The van der Waals surface area contributed by atoms with Gasteiger partial charge in [-0.3, -0.25) is 4.79 Å². The number of hydrogen-bond donors (Lipinski definition) is 2. The van der Waals surface area contributed by atoms with E-state index in [4.69, 9.17) is 0 Å². The predicted octanol–water partition coefficient (Wildman–Crippen LogP) is -0.319. The summed E-state index contributed by atoms with van der Waals surface area (Å²) in [5.41, 5.74) is 0. The summed E-state index contributed by atoms with van der Waals surface area (Å²) >= 11 is 0. The van der Waals surface area contributed by atoms with Gasteiger partial charge >= 0.3 is 0 Å². The van der Waals surface area contributed by atoms with Gasteiger partial charge < -0.3 is 15.3 Å². The third kappa shape index (κ3) is 3.64. The van der Waals surface area contributed by atoms with Gasteiger partial charge in [0, 0.05) is 19.0 Å². The highest BCUT2D eigenvalue weighted by molar-refractivity contribution is 5.81. The van der Waals surface area contributed by atoms with Crippen molar-refractivity contribution in [2.45, 2.75) is 19.4 Å². The van der Waals surface area contributed by atoms with Gasteiger partial charge in [0.25, 0.3) is 0 Å². The van der Waals surface area contributed by atoms with E-state index in [0.717, 1.165) is 6.42 Å². The Hall–Kier alpha value is -0.610. The molecule has 14 heavy (non-hydrogen) atoms. The number of hydrogen-bond acceptors (Lipinski definition) is 3. The molecule has 0 aliphatic heterocycles. The monoisotopic (exact) mass is 200 g/mol. The number of carbonyl (C=O) groups excluding carboxylic acids is 1. The summed E-state index contributed by atoms with van der Waals surface area (Å²) in [6.45, 7) is 3.02. The van der Waals surface area contributed by atoms with E-state index in [1.54, 1.807) is 0 Å². The number of nitrogens with zero attached hydrogens (tertiary/aromatic N) is 1. The lowest BCUT2D eigenvalue weighted by Crippen LogP contribution is -2.38. The molecule has 4 heteroatoms. The molecule has 0 spiro atoms. The van der Waals surface area contributed by atoms with E-state index in [1.807, 2.05) is 19.0 Å². The standard InChI is InChI=1S/C10H20N2O2/c1-7-4-9(7)10(14)11-5-8(13)6-12(2)3/h7-9,13H,4-6H2,1-3H3,(H,11,14). The Bertz CT molecular complexity index is 206. The third-order valence-electron chi connectivity index (χ3n) is 2.53. The zero-order valence-electron chi connectivity index (χ0n) is 9.16. The minimum absolute atomic E-state index is 0.0929. The summed E-state index contributed by atoms with van der Waals surface area (Å²) < 4.78 is 0. The van der Waals surface area contributed by atoms with Crippen molar-refractivity contribution in [3.05, 3.63) is 0 Å². The van der Waals surface area contributed by atoms with Crippen molar-refractivity contribution in [2.75, 3.05) is 27.2 Å². The van der Waals surface area contributed by atoms with Gasteiger partial charge in [0.2, 0.25) is 5.91 Å². The van der Waals surface area contributed by atoms with Crippen molar-refractivity contribution in [1.29, 1.82) is 0 Å². The van der Waals surface area contributed by atoms with E-state index < -0.39 is 6.10 Å². The fourth-order valence-electron chi connectivity index (χ4n) is 1.52. The van der Waals surface area contributed by atoms with Crippen LogP contribution in [-0.2, 0) is 4.79 Å². The maximum Gasteiger partial charge on any atom is 0.223 e. The second kappa shape index (κ2) is 4.75. The number of likely N-dealkylation sites (N-methyl/N-ethyl adjacent to an activating group) is 1. The molecule has 1 saturated carbocycles. The summed E-state index contributed by atoms with van der Waals surface area (Å²) in [5, 5.41) is 12.2. The van der Waals surface area contributed by atoms with E-state index in [2.05, 4.69) is 12.2 Å². The first-order valence-electron chi connectivity index (χ1n) is 5.11. The average Bonchev–Trinajstić information content (AvgIpc) is 2.77. The molecule has 1 rings (SSSR count). The van der Waals surface area contributed by atoms with Crippen molar-refractivity contribution < 1.29 is 9.90 Å². The lowest BCUT2D eigenvalue weighted by Gasteiger charge is -2.16. The summed E-state index contributed by atoms with van der Waals surface area (Å²) in [6, 6.07) is 0. The van der Waals surface area contributed by atoms with Gasteiger partial charge in [-0.15, -0.1) is 0 Å². The molecule has 2 N–H and O–H groups in total. The van der Waals surface area contributed by atoms with Crippen molar-refractivity contribution in [2.24, 2.45) is 11.8 Å². The largest absolute Gasteiger partial charge is 0.390 e. The second-order valence-corrected chi connectivity index (χ2v) is 4.48. The Morgan fingerprint density at radius 3 is 2.64 bits per heavy atom. The number of carbonyl (C=O) groups is 1. The quantitative estimate of drug-likeness (QED) is 0.639. The Morgan fingerprint density at radius 2 is 2.21 bits per heavy atom. The van der Waals surface area contributed by atoms with Gasteiger partial charge in [0.15, 0.2) is 0 Å². The molecule has 0 bridgehead atoms. The Kier molecular flexibility index (Phi) is 3.89. The van der Waals surface area contributed by atoms with Crippen LogP contribution in [0.4, 0.5) is 0 Å². The molecule has 1 amide bonds. The second-order valence-electron chi connectivity index (χ2n) is 4.48. The Balaban J connectivity index is 2.10. The topological polar surface area (TPSA) is 52.6 Å². The normalized spacial score (nSPS) is 27.5. The molecule has 0 aromatic carbocycles. The molecule has 3 unspecified atom stereocenters. The van der Waals surface area contributed by atoms with Crippen molar-refractivity contribution in [1.82, 2.24) is 10.2 Å². The van der Waals surface area contributed by atoms with E-state index in [9.17, 15) is 9.90 Å². The highest BCUT2D eigenvalue weighted by Gasteiger charge is 2.38. The summed E-state index contributed by atoms with van der Waals surface area (Å²) in [6.07, 6.45) is 0.526. The molecule has 3 atom stereocenters. The fourth-order valence-corrected chi connectivity index (χ4v) is 1.52. The molecule has 82 valence electrons. The molecule has 0 aromatic rings. The highest BCUT2D eigenvalue weighted by Crippen LogP contribution is 2.37. The minimum Gasteiger partial charge on any atom is -0.390 e. The van der Waals surface area contributed by atoms with Crippen molar-refractivity contribution in [3.8, 4) is 0 Å². The van der Waals surface area contributed by atoms with E-state index in [-0.39, 0.29) is 11.8 Å². The molecule has 1 fully saturated rings. The molecule has 1 aliphatic rings. The lowest BCUT2D eigenvalue weighted by atomic mass is 10.3. The highest BCUT2D eigenvalue weighted by atomic mass is 16.3. The molecule has 4 nitrogen and oxygen atoms in total. The number of amides is 1. The van der Waals surface area contributed by atoms with Crippen LogP contribution in [0.3, 0.4) is 0 Å². The summed E-state index contributed by atoms with van der Waals surface area (Å²) in [4.78, 5) is 13.3. The minimum atomic E-state index is -0.469. The van der Waals surface area contributed by atoms with Crippen LogP contribution in [0.5, 0.6) is 0 Å². The lowest BCUT2D eigenvalue weighted by molar-refractivity contribution is -0.123. The average molecular weight is 200 g/mol. The van der Waals surface area contributed by atoms with Gasteiger partial charge in [0.1, 0.15) is 0 Å². The Labute approximate surface area is 85.3 Å².